The molecule has 0 aliphatic heterocycles. The summed E-state index contributed by atoms with van der Waals surface area (Å²) >= 11 is 0. The molecule has 0 saturated heterocycles. The first kappa shape index (κ1) is 15.7. The van der Waals surface area contributed by atoms with Crippen LogP contribution >= 0.6 is 0 Å². The molecule has 1 aromatic rings. The number of benzene rings is 1. The molecule has 0 nitrogen and oxygen atoms in total. The molecule has 20 heavy (non-hydrogen) atoms. The van der Waals surface area contributed by atoms with E-state index in [2.05, 4.69) is 20.8 Å². The fraction of sp³-hybridized carbons (Fsp3) is 0.684. The first-order valence-corrected chi connectivity index (χ1v) is 8.51. The predicted molar refractivity (Wildman–Crippen MR) is 90.5 cm³/mol. The van der Waals surface area contributed by atoms with E-state index >= 15 is 0 Å². The molecule has 0 unspecified atom stereocenters. The molecule has 0 fully saturated rings. The Morgan fingerprint density at radius 1 is 0.850 bits per heavy atom. The van der Waals surface area contributed by atoms with Crippen LogP contribution in [0.5, 0.6) is 0 Å². The summed E-state index contributed by atoms with van der Waals surface area (Å²) in [6.45, 7) is 11.1. The van der Waals surface area contributed by atoms with Crippen LogP contribution in [0.4, 0.5) is 0 Å². The zero-order chi connectivity index (χ0) is 14.9. The Labute approximate surface area is 126 Å². The molecule has 108 valence electrons. The third kappa shape index (κ3) is 2.34. The van der Waals surface area contributed by atoms with E-state index in [1.807, 2.05) is 13.8 Å². The first-order chi connectivity index (χ1) is 9.56. The van der Waals surface area contributed by atoms with Gasteiger partial charge >= 0.3 is 0 Å². The molecule has 2 aliphatic rings. The SMILES string of the molecule is CC.[B]c1c2c(c(C(C)(C)CC)c3c1CCC3)CCC2. The van der Waals surface area contributed by atoms with Crippen LogP contribution in [0.1, 0.15) is 81.7 Å². The predicted octanol–water partition coefficient (Wildman–Crippen LogP) is 4.17. The maximum Gasteiger partial charge on any atom is 0.114 e. The molecule has 0 heterocycles. The van der Waals surface area contributed by atoms with Crippen LogP contribution in [0.3, 0.4) is 0 Å². The second-order valence-corrected chi connectivity index (χ2v) is 6.65. The minimum atomic E-state index is 0.316. The number of hydrogen-bond acceptors (Lipinski definition) is 0. The van der Waals surface area contributed by atoms with E-state index in [-0.39, 0.29) is 0 Å². The van der Waals surface area contributed by atoms with E-state index < -0.39 is 0 Å². The van der Waals surface area contributed by atoms with Crippen molar-refractivity contribution >= 4 is 13.3 Å². The van der Waals surface area contributed by atoms with Crippen molar-refractivity contribution in [2.24, 2.45) is 0 Å². The Morgan fingerprint density at radius 3 is 1.65 bits per heavy atom. The third-order valence-corrected chi connectivity index (χ3v) is 5.25. The summed E-state index contributed by atoms with van der Waals surface area (Å²) < 4.78 is 0. The van der Waals surface area contributed by atoms with Crippen molar-refractivity contribution in [3.8, 4) is 0 Å². The monoisotopic (exact) mass is 268 g/mol. The Balaban J connectivity index is 0.000000704. The maximum atomic E-state index is 6.44. The van der Waals surface area contributed by atoms with Crippen LogP contribution in [-0.2, 0) is 31.1 Å². The number of fused-ring (bicyclic) bond motifs is 2. The van der Waals surface area contributed by atoms with Gasteiger partial charge in [-0.1, -0.05) is 51.2 Å². The Bertz CT molecular complexity index is 462. The van der Waals surface area contributed by atoms with Gasteiger partial charge in [-0.05, 0) is 67.1 Å². The Morgan fingerprint density at radius 2 is 1.25 bits per heavy atom. The first-order valence-electron chi connectivity index (χ1n) is 8.51. The molecule has 0 amide bonds. The van der Waals surface area contributed by atoms with Gasteiger partial charge in [-0.3, -0.25) is 0 Å². The van der Waals surface area contributed by atoms with Crippen molar-refractivity contribution in [1.82, 2.24) is 0 Å². The van der Waals surface area contributed by atoms with Gasteiger partial charge in [0, 0.05) is 0 Å². The minimum Gasteiger partial charge on any atom is -0.0898 e. The smallest absolute Gasteiger partial charge is 0.0898 e. The molecule has 0 spiro atoms. The van der Waals surface area contributed by atoms with Crippen LogP contribution in [-0.4, -0.2) is 7.85 Å². The second-order valence-electron chi connectivity index (χ2n) is 6.65. The van der Waals surface area contributed by atoms with Crippen molar-refractivity contribution in [2.45, 2.75) is 85.0 Å². The minimum absolute atomic E-state index is 0.316. The molecular weight excluding hydrogens is 239 g/mol. The van der Waals surface area contributed by atoms with Crippen molar-refractivity contribution in [1.29, 1.82) is 0 Å². The molecule has 2 radical (unpaired) electrons. The van der Waals surface area contributed by atoms with Gasteiger partial charge in [0.2, 0.25) is 0 Å². The summed E-state index contributed by atoms with van der Waals surface area (Å²) in [5.74, 6) is 0. The van der Waals surface area contributed by atoms with Crippen molar-refractivity contribution in [3.05, 3.63) is 27.8 Å². The highest BCUT2D eigenvalue weighted by atomic mass is 14.4. The zero-order valence-electron chi connectivity index (χ0n) is 14.0. The van der Waals surface area contributed by atoms with Crippen molar-refractivity contribution in [2.75, 3.05) is 0 Å². The van der Waals surface area contributed by atoms with Gasteiger partial charge in [-0.25, -0.2) is 0 Å². The summed E-state index contributed by atoms with van der Waals surface area (Å²) in [5, 5.41) is 0. The van der Waals surface area contributed by atoms with Crippen LogP contribution in [0.15, 0.2) is 0 Å². The van der Waals surface area contributed by atoms with Crippen LogP contribution < -0.4 is 5.46 Å². The quantitative estimate of drug-likeness (QED) is 0.706. The maximum absolute atomic E-state index is 6.44. The van der Waals surface area contributed by atoms with E-state index in [1.54, 1.807) is 16.7 Å². The van der Waals surface area contributed by atoms with Crippen LogP contribution in [0.25, 0.3) is 0 Å². The van der Waals surface area contributed by atoms with E-state index in [0.29, 0.717) is 5.41 Å². The zero-order valence-corrected chi connectivity index (χ0v) is 14.0. The standard InChI is InChI=1S/C17H23B.C2H6/c1-4-17(2,3)15-11-7-5-9-13(11)16(18)14-10-6-8-12(14)15;1-2/h4-10H2,1-3H3;1-2H3. The topological polar surface area (TPSA) is 0 Å². The highest BCUT2D eigenvalue weighted by Gasteiger charge is 2.32. The molecule has 0 atom stereocenters. The lowest BCUT2D eigenvalue weighted by molar-refractivity contribution is 0.497. The molecule has 3 rings (SSSR count). The van der Waals surface area contributed by atoms with Gasteiger partial charge in [0.25, 0.3) is 0 Å². The lowest BCUT2D eigenvalue weighted by Crippen LogP contribution is -2.26. The largest absolute Gasteiger partial charge is 0.114 e. The van der Waals surface area contributed by atoms with Gasteiger partial charge in [-0.15, -0.1) is 0 Å². The molecule has 1 aromatic carbocycles. The van der Waals surface area contributed by atoms with Gasteiger partial charge in [-0.2, -0.15) is 0 Å². The summed E-state index contributed by atoms with van der Waals surface area (Å²) in [6, 6.07) is 0. The molecule has 0 bridgehead atoms. The fourth-order valence-corrected chi connectivity index (χ4v) is 3.99. The normalized spacial score (nSPS) is 16.4. The molecule has 1 heteroatoms. The molecular formula is C19H29B. The Hall–Kier alpha value is -0.715. The summed E-state index contributed by atoms with van der Waals surface area (Å²) in [5.41, 5.74) is 9.42. The summed E-state index contributed by atoms with van der Waals surface area (Å²) in [4.78, 5) is 0. The van der Waals surface area contributed by atoms with E-state index in [0.717, 1.165) is 5.46 Å². The van der Waals surface area contributed by atoms with E-state index in [9.17, 15) is 0 Å². The highest BCUT2D eigenvalue weighted by molar-refractivity contribution is 6.35. The fourth-order valence-electron chi connectivity index (χ4n) is 3.99. The highest BCUT2D eigenvalue weighted by Crippen LogP contribution is 2.41. The molecule has 0 aromatic heterocycles. The van der Waals surface area contributed by atoms with Crippen molar-refractivity contribution in [3.63, 3.8) is 0 Å². The van der Waals surface area contributed by atoms with Crippen LogP contribution in [0.2, 0.25) is 0 Å². The Kier molecular flexibility index (Phi) is 4.67. The lowest BCUT2D eigenvalue weighted by atomic mass is 9.71. The third-order valence-electron chi connectivity index (χ3n) is 5.25. The molecule has 2 aliphatic carbocycles. The van der Waals surface area contributed by atoms with Crippen molar-refractivity contribution < 1.29 is 0 Å². The second kappa shape index (κ2) is 5.96. The van der Waals surface area contributed by atoms with Crippen LogP contribution in [0, 0.1) is 0 Å². The van der Waals surface area contributed by atoms with Gasteiger partial charge in [0.1, 0.15) is 7.85 Å². The molecule has 0 saturated carbocycles. The van der Waals surface area contributed by atoms with Gasteiger partial charge in [0.15, 0.2) is 0 Å². The molecule has 0 N–H and O–H groups in total. The number of rotatable bonds is 2. The summed E-state index contributed by atoms with van der Waals surface area (Å²) in [6.07, 6.45) is 8.75. The van der Waals surface area contributed by atoms with E-state index in [4.69, 9.17) is 7.85 Å². The summed E-state index contributed by atoms with van der Waals surface area (Å²) in [7, 11) is 6.44. The van der Waals surface area contributed by atoms with Gasteiger partial charge < -0.3 is 0 Å². The average Bonchev–Trinajstić information content (AvgIpc) is 3.10. The lowest BCUT2D eigenvalue weighted by Gasteiger charge is -2.31. The van der Waals surface area contributed by atoms with E-state index in [1.165, 1.54) is 56.1 Å². The van der Waals surface area contributed by atoms with Gasteiger partial charge in [0.05, 0.1) is 0 Å². The average molecular weight is 268 g/mol. The number of hydrogen-bond donors (Lipinski definition) is 0.